The first-order valence-corrected chi connectivity index (χ1v) is 9.61. The van der Waals surface area contributed by atoms with Crippen LogP contribution >= 0.6 is 15.9 Å². The van der Waals surface area contributed by atoms with E-state index in [-0.39, 0.29) is 12.1 Å². The monoisotopic (exact) mass is 451 g/mol. The van der Waals surface area contributed by atoms with Gasteiger partial charge in [0.05, 0.1) is 6.54 Å². The molecule has 0 saturated carbocycles. The highest BCUT2D eigenvalue weighted by Gasteiger charge is 2.17. The average Bonchev–Trinajstić information content (AvgIpc) is 2.73. The lowest BCUT2D eigenvalue weighted by Crippen LogP contribution is -2.30. The van der Waals surface area contributed by atoms with Gasteiger partial charge in [-0.1, -0.05) is 34.1 Å². The van der Waals surface area contributed by atoms with Crippen molar-refractivity contribution in [2.24, 2.45) is 0 Å². The van der Waals surface area contributed by atoms with Gasteiger partial charge in [0.1, 0.15) is 17.0 Å². The molecule has 5 nitrogen and oxygen atoms in total. The van der Waals surface area contributed by atoms with Crippen LogP contribution in [0.4, 0.5) is 10.1 Å². The molecule has 0 aliphatic rings. The van der Waals surface area contributed by atoms with Crippen LogP contribution in [0.3, 0.4) is 0 Å². The van der Waals surface area contributed by atoms with E-state index in [1.54, 1.807) is 60.8 Å². The third-order valence-electron chi connectivity index (χ3n) is 4.48. The summed E-state index contributed by atoms with van der Waals surface area (Å²) >= 11 is 3.34. The van der Waals surface area contributed by atoms with Gasteiger partial charge in [-0.05, 0) is 48.5 Å². The molecule has 7 heteroatoms. The van der Waals surface area contributed by atoms with Gasteiger partial charge in [-0.3, -0.25) is 14.2 Å². The van der Waals surface area contributed by atoms with E-state index in [0.29, 0.717) is 22.3 Å². The highest BCUT2D eigenvalue weighted by atomic mass is 79.9. The molecule has 2 aromatic carbocycles. The van der Waals surface area contributed by atoms with Crippen molar-refractivity contribution in [3.05, 3.63) is 105 Å². The Morgan fingerprint density at radius 3 is 2.59 bits per heavy atom. The average molecular weight is 452 g/mol. The molecule has 0 fully saturated rings. The minimum Gasteiger partial charge on any atom is -0.322 e. The molecule has 29 heavy (non-hydrogen) atoms. The van der Waals surface area contributed by atoms with Crippen LogP contribution < -0.4 is 10.9 Å². The van der Waals surface area contributed by atoms with Crippen molar-refractivity contribution in [3.63, 3.8) is 0 Å². The van der Waals surface area contributed by atoms with Crippen molar-refractivity contribution in [1.82, 2.24) is 9.55 Å². The second-order valence-electron chi connectivity index (χ2n) is 6.42. The molecule has 0 bridgehead atoms. The molecular formula is C22H15BrFN3O2. The lowest BCUT2D eigenvalue weighted by atomic mass is 10.1. The summed E-state index contributed by atoms with van der Waals surface area (Å²) in [4.78, 5) is 30.2. The van der Waals surface area contributed by atoms with E-state index >= 15 is 0 Å². The lowest BCUT2D eigenvalue weighted by Gasteiger charge is -2.13. The number of rotatable bonds is 4. The number of halogens is 2. The molecule has 1 amide bonds. The number of aromatic nitrogens is 2. The summed E-state index contributed by atoms with van der Waals surface area (Å²) in [7, 11) is 0. The molecule has 0 unspecified atom stereocenters. The number of amides is 1. The van der Waals surface area contributed by atoms with E-state index in [1.165, 1.54) is 16.7 Å². The summed E-state index contributed by atoms with van der Waals surface area (Å²) in [5.41, 5.74) is 0.719. The molecule has 144 valence electrons. The van der Waals surface area contributed by atoms with Crippen LogP contribution in [-0.2, 0) is 6.54 Å². The predicted octanol–water partition coefficient (Wildman–Crippen LogP) is 4.60. The van der Waals surface area contributed by atoms with Gasteiger partial charge >= 0.3 is 0 Å². The Hall–Kier alpha value is -3.32. The number of pyridine rings is 2. The Kier molecular flexibility index (Phi) is 5.22. The van der Waals surface area contributed by atoms with Crippen molar-refractivity contribution in [2.75, 3.05) is 5.32 Å². The zero-order chi connectivity index (χ0) is 20.4. The minimum absolute atomic E-state index is 0.0293. The van der Waals surface area contributed by atoms with Crippen molar-refractivity contribution in [1.29, 1.82) is 0 Å². The number of carbonyl (C=O) groups excluding carboxylic acids is 1. The summed E-state index contributed by atoms with van der Waals surface area (Å²) in [6, 6.07) is 18.2. The Bertz CT molecular complexity index is 1270. The Morgan fingerprint density at radius 2 is 1.83 bits per heavy atom. The molecular weight excluding hydrogens is 437 g/mol. The normalized spacial score (nSPS) is 10.8. The fourth-order valence-electron chi connectivity index (χ4n) is 3.04. The number of nitrogens with zero attached hydrogens (tertiary/aromatic N) is 2. The standard InChI is InChI=1S/C22H15BrFN3O2/c23-16-7-9-17(10-8-16)26-21(28)18-12-14-5-3-11-25-20(14)27(22(18)29)13-15-4-1-2-6-19(15)24/h1-12H,13H2,(H,26,28). The molecule has 0 aliphatic carbocycles. The third-order valence-corrected chi connectivity index (χ3v) is 5.01. The summed E-state index contributed by atoms with van der Waals surface area (Å²) in [6.07, 6.45) is 1.56. The van der Waals surface area contributed by atoms with E-state index < -0.39 is 17.3 Å². The SMILES string of the molecule is O=C(Nc1ccc(Br)cc1)c1cc2cccnc2n(Cc2ccccc2F)c1=O. The smallest absolute Gasteiger partial charge is 0.265 e. The minimum atomic E-state index is -0.537. The van der Waals surface area contributed by atoms with E-state index in [0.717, 1.165) is 4.47 Å². The number of benzene rings is 2. The van der Waals surface area contributed by atoms with Crippen LogP contribution in [0.2, 0.25) is 0 Å². The van der Waals surface area contributed by atoms with Crippen LogP contribution in [0.25, 0.3) is 11.0 Å². The molecule has 0 spiro atoms. The van der Waals surface area contributed by atoms with Crippen LogP contribution in [0.5, 0.6) is 0 Å². The van der Waals surface area contributed by atoms with Crippen LogP contribution in [0, 0.1) is 5.82 Å². The van der Waals surface area contributed by atoms with Crippen molar-refractivity contribution in [2.45, 2.75) is 6.54 Å². The van der Waals surface area contributed by atoms with Crippen molar-refractivity contribution < 1.29 is 9.18 Å². The quantitative estimate of drug-likeness (QED) is 0.493. The fourth-order valence-corrected chi connectivity index (χ4v) is 3.31. The second-order valence-corrected chi connectivity index (χ2v) is 7.33. The lowest BCUT2D eigenvalue weighted by molar-refractivity contribution is 0.102. The summed E-state index contributed by atoms with van der Waals surface area (Å²) < 4.78 is 16.4. The molecule has 0 saturated heterocycles. The number of hydrogen-bond acceptors (Lipinski definition) is 3. The van der Waals surface area contributed by atoms with Crippen LogP contribution in [-0.4, -0.2) is 15.5 Å². The maximum atomic E-state index is 14.2. The molecule has 2 heterocycles. The zero-order valence-corrected chi connectivity index (χ0v) is 16.7. The van der Waals surface area contributed by atoms with E-state index in [2.05, 4.69) is 26.2 Å². The molecule has 0 radical (unpaired) electrons. The van der Waals surface area contributed by atoms with Gasteiger partial charge in [0, 0.05) is 27.3 Å². The zero-order valence-electron chi connectivity index (χ0n) is 15.1. The Morgan fingerprint density at radius 1 is 1.07 bits per heavy atom. The third kappa shape index (κ3) is 3.95. The molecule has 4 rings (SSSR count). The van der Waals surface area contributed by atoms with Gasteiger partial charge in [-0.2, -0.15) is 0 Å². The maximum absolute atomic E-state index is 14.2. The summed E-state index contributed by atoms with van der Waals surface area (Å²) in [5.74, 6) is -0.960. The maximum Gasteiger partial charge on any atom is 0.265 e. The molecule has 4 aromatic rings. The molecule has 2 aromatic heterocycles. The first kappa shape index (κ1) is 19.0. The van der Waals surface area contributed by atoms with E-state index in [1.807, 2.05) is 0 Å². The number of anilines is 1. The first-order valence-electron chi connectivity index (χ1n) is 8.82. The van der Waals surface area contributed by atoms with Gasteiger partial charge in [0.15, 0.2) is 0 Å². The van der Waals surface area contributed by atoms with Crippen molar-refractivity contribution in [3.8, 4) is 0 Å². The topological polar surface area (TPSA) is 64.0 Å². The number of hydrogen-bond donors (Lipinski definition) is 1. The molecule has 0 atom stereocenters. The van der Waals surface area contributed by atoms with Gasteiger partial charge in [-0.15, -0.1) is 0 Å². The molecule has 0 aliphatic heterocycles. The predicted molar refractivity (Wildman–Crippen MR) is 114 cm³/mol. The summed E-state index contributed by atoms with van der Waals surface area (Å²) in [5, 5.41) is 3.34. The van der Waals surface area contributed by atoms with Crippen molar-refractivity contribution >= 4 is 38.6 Å². The Balaban J connectivity index is 1.80. The van der Waals surface area contributed by atoms with Gasteiger partial charge in [0.25, 0.3) is 11.5 Å². The van der Waals surface area contributed by atoms with E-state index in [9.17, 15) is 14.0 Å². The van der Waals surface area contributed by atoms with E-state index in [4.69, 9.17) is 0 Å². The molecule has 1 N–H and O–H groups in total. The fraction of sp³-hybridized carbons (Fsp3) is 0.0455. The second kappa shape index (κ2) is 7.97. The number of nitrogens with one attached hydrogen (secondary N) is 1. The van der Waals surface area contributed by atoms with Gasteiger partial charge in [-0.25, -0.2) is 9.37 Å². The summed E-state index contributed by atoms with van der Waals surface area (Å²) in [6.45, 7) is -0.0293. The van der Waals surface area contributed by atoms with Crippen LogP contribution in [0.1, 0.15) is 15.9 Å². The first-order chi connectivity index (χ1) is 14.0. The highest BCUT2D eigenvalue weighted by molar-refractivity contribution is 9.10. The van der Waals surface area contributed by atoms with Gasteiger partial charge < -0.3 is 5.32 Å². The van der Waals surface area contributed by atoms with Crippen LogP contribution in [0.15, 0.2) is 82.2 Å². The number of fused-ring (bicyclic) bond motifs is 1. The number of carbonyl (C=O) groups is 1. The van der Waals surface area contributed by atoms with Gasteiger partial charge in [0.2, 0.25) is 0 Å². The highest BCUT2D eigenvalue weighted by Crippen LogP contribution is 2.17. The largest absolute Gasteiger partial charge is 0.322 e. The Labute approximate surface area is 174 Å².